The van der Waals surface area contributed by atoms with Crippen LogP contribution in [0.2, 0.25) is 0 Å². The summed E-state index contributed by atoms with van der Waals surface area (Å²) in [4.78, 5) is 0. The molecule has 1 heterocycles. The van der Waals surface area contributed by atoms with Gasteiger partial charge >= 0.3 is 0 Å². The fourth-order valence-electron chi connectivity index (χ4n) is 3.70. The number of hydrogen-bond acceptors (Lipinski definition) is 3. The molecule has 18 heavy (non-hydrogen) atoms. The average molecular weight is 253 g/mol. The third-order valence-corrected chi connectivity index (χ3v) is 4.98. The molecule has 0 bridgehead atoms. The van der Waals surface area contributed by atoms with E-state index in [1.165, 1.54) is 19.3 Å². The minimum atomic E-state index is 0.316. The summed E-state index contributed by atoms with van der Waals surface area (Å²) in [5.74, 6) is 1.65. The first kappa shape index (κ1) is 12.9. The third kappa shape index (κ3) is 2.45. The Labute approximate surface area is 111 Å². The van der Waals surface area contributed by atoms with Crippen LogP contribution in [0.4, 0.5) is 0 Å². The van der Waals surface area contributed by atoms with Gasteiger partial charge in [0.05, 0.1) is 6.10 Å². The van der Waals surface area contributed by atoms with Crippen LogP contribution in [0.15, 0.2) is 0 Å². The number of rotatable bonds is 7. The van der Waals surface area contributed by atoms with Crippen LogP contribution in [0.3, 0.4) is 0 Å². The van der Waals surface area contributed by atoms with E-state index in [0.717, 1.165) is 44.6 Å². The smallest absolute Gasteiger partial charge is 0.0685 e. The third-order valence-electron chi connectivity index (χ3n) is 4.98. The van der Waals surface area contributed by atoms with E-state index in [0.29, 0.717) is 17.6 Å². The molecule has 0 amide bonds. The molecule has 0 aromatic rings. The summed E-state index contributed by atoms with van der Waals surface area (Å²) < 4.78 is 11.5. The monoisotopic (exact) mass is 253 g/mol. The maximum Gasteiger partial charge on any atom is 0.0685 e. The molecule has 1 saturated heterocycles. The molecule has 104 valence electrons. The zero-order valence-corrected chi connectivity index (χ0v) is 11.8. The lowest BCUT2D eigenvalue weighted by Crippen LogP contribution is -2.65. The van der Waals surface area contributed by atoms with E-state index < -0.39 is 0 Å². The molecule has 3 atom stereocenters. The fraction of sp³-hybridized carbons (Fsp3) is 1.00. The van der Waals surface area contributed by atoms with Gasteiger partial charge in [0.15, 0.2) is 0 Å². The van der Waals surface area contributed by atoms with Crippen molar-refractivity contribution in [1.29, 1.82) is 0 Å². The normalized spacial score (nSPS) is 37.3. The summed E-state index contributed by atoms with van der Waals surface area (Å²) in [5, 5.41) is 3.72. The van der Waals surface area contributed by atoms with E-state index in [2.05, 4.69) is 19.2 Å². The zero-order chi connectivity index (χ0) is 12.6. The van der Waals surface area contributed by atoms with E-state index >= 15 is 0 Å². The van der Waals surface area contributed by atoms with Gasteiger partial charge in [0.2, 0.25) is 0 Å². The van der Waals surface area contributed by atoms with Crippen molar-refractivity contribution in [3.8, 4) is 0 Å². The van der Waals surface area contributed by atoms with Crippen LogP contribution in [0.5, 0.6) is 0 Å². The molecule has 0 radical (unpaired) electrons. The maximum atomic E-state index is 5.81. The first-order valence-electron chi connectivity index (χ1n) is 7.62. The van der Waals surface area contributed by atoms with Gasteiger partial charge in [-0.15, -0.1) is 0 Å². The summed E-state index contributed by atoms with van der Waals surface area (Å²) in [7, 11) is 0. The lowest BCUT2D eigenvalue weighted by atomic mass is 9.57. The average Bonchev–Trinajstić information content (AvgIpc) is 3.04. The van der Waals surface area contributed by atoms with Crippen molar-refractivity contribution >= 4 is 0 Å². The van der Waals surface area contributed by atoms with Crippen molar-refractivity contribution in [3.05, 3.63) is 0 Å². The lowest BCUT2D eigenvalue weighted by molar-refractivity contribution is -0.112. The van der Waals surface area contributed by atoms with E-state index in [-0.39, 0.29) is 0 Å². The van der Waals surface area contributed by atoms with Gasteiger partial charge in [0.1, 0.15) is 0 Å². The highest BCUT2D eigenvalue weighted by Gasteiger charge is 2.58. The van der Waals surface area contributed by atoms with E-state index in [1.54, 1.807) is 0 Å². The summed E-state index contributed by atoms with van der Waals surface area (Å²) >= 11 is 0. The largest absolute Gasteiger partial charge is 0.381 e. The predicted molar refractivity (Wildman–Crippen MR) is 71.6 cm³/mol. The second-order valence-corrected chi connectivity index (χ2v) is 6.87. The van der Waals surface area contributed by atoms with E-state index in [9.17, 15) is 0 Å². The van der Waals surface area contributed by atoms with Crippen molar-refractivity contribution in [1.82, 2.24) is 5.32 Å². The Morgan fingerprint density at radius 1 is 1.28 bits per heavy atom. The van der Waals surface area contributed by atoms with Gasteiger partial charge in [-0.05, 0) is 38.1 Å². The summed E-state index contributed by atoms with van der Waals surface area (Å²) in [5.41, 5.74) is 0.316. The zero-order valence-electron chi connectivity index (χ0n) is 11.8. The van der Waals surface area contributed by atoms with Crippen LogP contribution in [0.25, 0.3) is 0 Å². The van der Waals surface area contributed by atoms with Crippen molar-refractivity contribution in [3.63, 3.8) is 0 Å². The number of fused-ring (bicyclic) bond motifs is 1. The van der Waals surface area contributed by atoms with Gasteiger partial charge in [-0.1, -0.05) is 13.8 Å². The van der Waals surface area contributed by atoms with Gasteiger partial charge < -0.3 is 14.8 Å². The summed E-state index contributed by atoms with van der Waals surface area (Å²) in [6.45, 7) is 8.62. The molecule has 3 heteroatoms. The van der Waals surface area contributed by atoms with Crippen molar-refractivity contribution in [2.75, 3.05) is 26.4 Å². The molecule has 2 aliphatic carbocycles. The second-order valence-electron chi connectivity index (χ2n) is 6.87. The molecule has 0 aromatic carbocycles. The quantitative estimate of drug-likeness (QED) is 0.706. The Kier molecular flexibility index (Phi) is 3.65. The van der Waals surface area contributed by atoms with Crippen LogP contribution in [0, 0.1) is 17.3 Å². The van der Waals surface area contributed by atoms with Crippen LogP contribution >= 0.6 is 0 Å². The molecule has 3 fully saturated rings. The second kappa shape index (κ2) is 5.10. The number of nitrogens with one attached hydrogen (secondary N) is 1. The SMILES string of the molecule is CC1(C)C(NCCCOCC2CC2)C2CCOC21. The molecule has 0 spiro atoms. The van der Waals surface area contributed by atoms with Gasteiger partial charge in [0, 0.05) is 37.2 Å². The molecule has 0 aromatic heterocycles. The highest BCUT2D eigenvalue weighted by molar-refractivity contribution is 5.11. The first-order chi connectivity index (χ1) is 8.69. The standard InChI is InChI=1S/C15H27NO2/c1-15(2)13(12-6-9-18-14(12)15)16-7-3-8-17-10-11-4-5-11/h11-14,16H,3-10H2,1-2H3. The molecule has 3 unspecified atom stereocenters. The molecule has 3 nitrogen and oxygen atoms in total. The van der Waals surface area contributed by atoms with Gasteiger partial charge in [0.25, 0.3) is 0 Å². The minimum absolute atomic E-state index is 0.316. The Bertz CT molecular complexity index is 288. The molecular weight excluding hydrogens is 226 g/mol. The Morgan fingerprint density at radius 3 is 2.89 bits per heavy atom. The van der Waals surface area contributed by atoms with Gasteiger partial charge in [-0.3, -0.25) is 0 Å². The van der Waals surface area contributed by atoms with Crippen molar-refractivity contribution in [2.24, 2.45) is 17.3 Å². The van der Waals surface area contributed by atoms with E-state index in [1.807, 2.05) is 0 Å². The molecule has 2 saturated carbocycles. The van der Waals surface area contributed by atoms with Crippen LogP contribution < -0.4 is 5.32 Å². The van der Waals surface area contributed by atoms with Crippen LogP contribution in [-0.2, 0) is 9.47 Å². The molecule has 1 aliphatic heterocycles. The first-order valence-corrected chi connectivity index (χ1v) is 7.62. The molecule has 3 aliphatic rings. The Balaban J connectivity index is 1.30. The summed E-state index contributed by atoms with van der Waals surface area (Å²) in [6, 6.07) is 0.647. The Morgan fingerprint density at radius 2 is 2.11 bits per heavy atom. The fourth-order valence-corrected chi connectivity index (χ4v) is 3.70. The summed E-state index contributed by atoms with van der Waals surface area (Å²) in [6.07, 6.45) is 5.65. The van der Waals surface area contributed by atoms with E-state index in [4.69, 9.17) is 9.47 Å². The molecule has 1 N–H and O–H groups in total. The van der Waals surface area contributed by atoms with Crippen LogP contribution in [0.1, 0.15) is 39.5 Å². The Hall–Kier alpha value is -0.120. The topological polar surface area (TPSA) is 30.5 Å². The molecular formula is C15H27NO2. The van der Waals surface area contributed by atoms with Gasteiger partial charge in [-0.2, -0.15) is 0 Å². The maximum absolute atomic E-state index is 5.81. The number of ether oxygens (including phenoxy) is 2. The van der Waals surface area contributed by atoms with Crippen LogP contribution in [-0.4, -0.2) is 38.5 Å². The minimum Gasteiger partial charge on any atom is -0.381 e. The van der Waals surface area contributed by atoms with Gasteiger partial charge in [-0.25, -0.2) is 0 Å². The van der Waals surface area contributed by atoms with Crippen molar-refractivity contribution in [2.45, 2.75) is 51.7 Å². The van der Waals surface area contributed by atoms with Crippen molar-refractivity contribution < 1.29 is 9.47 Å². The highest BCUT2D eigenvalue weighted by Crippen LogP contribution is 2.51. The number of hydrogen-bond donors (Lipinski definition) is 1. The molecule has 3 rings (SSSR count). The predicted octanol–water partition coefficient (Wildman–Crippen LogP) is 2.21. The highest BCUT2D eigenvalue weighted by atomic mass is 16.5. The lowest BCUT2D eigenvalue weighted by Gasteiger charge is -2.55.